The van der Waals surface area contributed by atoms with Gasteiger partial charge in [-0.1, -0.05) is 37.7 Å². The maximum Gasteiger partial charge on any atom is 0.227 e. The highest BCUT2D eigenvalue weighted by molar-refractivity contribution is 6.83. The second-order valence-corrected chi connectivity index (χ2v) is 10.9. The zero-order valence-corrected chi connectivity index (χ0v) is 14.1. The fourth-order valence-electron chi connectivity index (χ4n) is 2.01. The molecule has 1 aliphatic heterocycles. The van der Waals surface area contributed by atoms with E-state index in [-0.39, 0.29) is 5.91 Å². The van der Waals surface area contributed by atoms with E-state index in [9.17, 15) is 4.79 Å². The van der Waals surface area contributed by atoms with Gasteiger partial charge in [-0.15, -0.1) is 5.54 Å². The molecule has 1 amide bonds. The zero-order valence-electron chi connectivity index (χ0n) is 13.1. The van der Waals surface area contributed by atoms with Gasteiger partial charge in [0.2, 0.25) is 5.91 Å². The van der Waals surface area contributed by atoms with Crippen LogP contribution in [0.3, 0.4) is 0 Å². The Morgan fingerprint density at radius 1 is 1.38 bits per heavy atom. The van der Waals surface area contributed by atoms with Crippen molar-refractivity contribution in [3.05, 3.63) is 47.7 Å². The first-order valence-corrected chi connectivity index (χ1v) is 10.6. The summed E-state index contributed by atoms with van der Waals surface area (Å²) in [6.45, 7) is 8.21. The largest absolute Gasteiger partial charge is 0.462 e. The molecule has 0 saturated carbocycles. The predicted octanol–water partition coefficient (Wildman–Crippen LogP) is 3.71. The second-order valence-electron chi connectivity index (χ2n) is 6.16. The first-order valence-electron chi connectivity index (χ1n) is 7.14. The molecule has 21 heavy (non-hydrogen) atoms. The van der Waals surface area contributed by atoms with Crippen LogP contribution in [0.25, 0.3) is 0 Å². The first kappa shape index (κ1) is 15.4. The van der Waals surface area contributed by atoms with Crippen LogP contribution in [0.1, 0.15) is 19.8 Å². The van der Waals surface area contributed by atoms with E-state index >= 15 is 0 Å². The van der Waals surface area contributed by atoms with Gasteiger partial charge in [-0.2, -0.15) is 0 Å². The van der Waals surface area contributed by atoms with E-state index in [1.165, 1.54) is 11.8 Å². The topological polar surface area (TPSA) is 29.5 Å². The molecule has 110 valence electrons. The summed E-state index contributed by atoms with van der Waals surface area (Å²) in [6, 6.07) is 0. The fraction of sp³-hybridized carbons (Fsp3) is 0.353. The zero-order chi connectivity index (χ0) is 15.5. The van der Waals surface area contributed by atoms with Crippen LogP contribution in [0.4, 0.5) is 0 Å². The van der Waals surface area contributed by atoms with E-state index in [1.54, 1.807) is 18.7 Å². The van der Waals surface area contributed by atoms with Gasteiger partial charge in [-0.25, -0.2) is 0 Å². The molecule has 0 unspecified atom stereocenters. The van der Waals surface area contributed by atoms with Crippen molar-refractivity contribution in [3.63, 3.8) is 0 Å². The van der Waals surface area contributed by atoms with Gasteiger partial charge < -0.3 is 4.74 Å². The maximum atomic E-state index is 11.5. The summed E-state index contributed by atoms with van der Waals surface area (Å²) in [6.07, 6.45) is 11.0. The summed E-state index contributed by atoms with van der Waals surface area (Å²) in [5, 5.41) is 0. The minimum atomic E-state index is -1.42. The van der Waals surface area contributed by atoms with Crippen molar-refractivity contribution in [2.75, 3.05) is 0 Å². The average Bonchev–Trinajstić information content (AvgIpc) is 2.45. The number of carbonyl (C=O) groups is 1. The molecular weight excluding hydrogens is 278 g/mol. The van der Waals surface area contributed by atoms with E-state index in [0.29, 0.717) is 0 Å². The minimum absolute atomic E-state index is 0.0336. The number of allylic oxidation sites excluding steroid dienone is 4. The lowest BCUT2D eigenvalue weighted by atomic mass is 9.96. The molecule has 0 radical (unpaired) electrons. The lowest BCUT2D eigenvalue weighted by molar-refractivity contribution is -0.124. The SMILES string of the molecule is CC(=O)N1C=COC(C2=C(C#C[Si](C)(C)C)C=CCC2)=C1. The number of rotatable bonds is 1. The third kappa shape index (κ3) is 4.23. The van der Waals surface area contributed by atoms with Gasteiger partial charge in [0.25, 0.3) is 0 Å². The number of nitrogens with zero attached hydrogens (tertiary/aromatic N) is 1. The van der Waals surface area contributed by atoms with Crippen molar-refractivity contribution < 1.29 is 9.53 Å². The van der Waals surface area contributed by atoms with Crippen LogP contribution in [-0.2, 0) is 9.53 Å². The highest BCUT2D eigenvalue weighted by Crippen LogP contribution is 2.28. The number of amides is 1. The van der Waals surface area contributed by atoms with Crippen LogP contribution in [0.2, 0.25) is 19.6 Å². The molecule has 2 aliphatic rings. The predicted molar refractivity (Wildman–Crippen MR) is 87.4 cm³/mol. The van der Waals surface area contributed by atoms with E-state index in [1.807, 2.05) is 0 Å². The molecule has 0 N–H and O–H groups in total. The summed E-state index contributed by atoms with van der Waals surface area (Å²) < 4.78 is 5.60. The van der Waals surface area contributed by atoms with Crippen LogP contribution in [0.5, 0.6) is 0 Å². The Bertz CT molecular complexity index is 621. The van der Waals surface area contributed by atoms with Gasteiger partial charge in [-0.3, -0.25) is 9.69 Å². The quantitative estimate of drug-likeness (QED) is 0.546. The molecule has 0 atom stereocenters. The Morgan fingerprint density at radius 3 is 2.81 bits per heavy atom. The van der Waals surface area contributed by atoms with Crippen molar-refractivity contribution in [3.8, 4) is 11.5 Å². The van der Waals surface area contributed by atoms with Crippen LogP contribution in [-0.4, -0.2) is 18.9 Å². The summed E-state index contributed by atoms with van der Waals surface area (Å²) in [5.74, 6) is 3.99. The first-order chi connectivity index (χ1) is 9.87. The molecule has 3 nitrogen and oxygen atoms in total. The summed E-state index contributed by atoms with van der Waals surface area (Å²) in [7, 11) is -1.42. The smallest absolute Gasteiger partial charge is 0.227 e. The molecule has 0 spiro atoms. The van der Waals surface area contributed by atoms with Crippen molar-refractivity contribution in [2.45, 2.75) is 39.4 Å². The standard InChI is InChI=1S/C17H21NO2Si/c1-14(19)18-10-11-20-17(13-18)16-8-6-5-7-15(16)9-12-21(2,3)4/h5,7,10-11,13H,6,8H2,1-4H3. The Hall–Kier alpha value is -1.99. The van der Waals surface area contributed by atoms with Gasteiger partial charge in [0.1, 0.15) is 20.1 Å². The molecule has 0 aromatic rings. The Balaban J connectivity index is 2.38. The summed E-state index contributed by atoms with van der Waals surface area (Å²) in [4.78, 5) is 13.0. The normalized spacial score (nSPS) is 17.9. The van der Waals surface area contributed by atoms with Gasteiger partial charge in [0.15, 0.2) is 0 Å². The Labute approximate surface area is 127 Å². The summed E-state index contributed by atoms with van der Waals surface area (Å²) in [5.41, 5.74) is 5.48. The Morgan fingerprint density at radius 2 is 2.14 bits per heavy atom. The number of hydrogen-bond acceptors (Lipinski definition) is 2. The third-order valence-corrected chi connectivity index (χ3v) is 3.95. The number of carbonyl (C=O) groups excluding carboxylic acids is 1. The van der Waals surface area contributed by atoms with E-state index in [2.05, 4.69) is 43.3 Å². The van der Waals surface area contributed by atoms with Gasteiger partial charge in [-0.05, 0) is 12.8 Å². The third-order valence-electron chi connectivity index (χ3n) is 3.08. The van der Waals surface area contributed by atoms with E-state index in [4.69, 9.17) is 4.74 Å². The molecule has 1 aliphatic carbocycles. The lowest BCUT2D eigenvalue weighted by Crippen LogP contribution is -2.20. The van der Waals surface area contributed by atoms with Crippen molar-refractivity contribution in [1.29, 1.82) is 0 Å². The van der Waals surface area contributed by atoms with Gasteiger partial charge in [0.05, 0.1) is 6.20 Å². The van der Waals surface area contributed by atoms with E-state index < -0.39 is 8.07 Å². The number of hydrogen-bond donors (Lipinski definition) is 0. The second kappa shape index (κ2) is 6.19. The Kier molecular flexibility index (Phi) is 4.54. The van der Waals surface area contributed by atoms with Crippen LogP contribution in [0.15, 0.2) is 47.7 Å². The monoisotopic (exact) mass is 299 g/mol. The highest BCUT2D eigenvalue weighted by atomic mass is 28.3. The molecule has 0 bridgehead atoms. The molecular formula is C17H21NO2Si. The minimum Gasteiger partial charge on any atom is -0.462 e. The molecule has 4 heteroatoms. The maximum absolute atomic E-state index is 11.5. The van der Waals surface area contributed by atoms with E-state index in [0.717, 1.165) is 29.7 Å². The number of ether oxygens (including phenoxy) is 1. The molecule has 2 rings (SSSR count). The highest BCUT2D eigenvalue weighted by Gasteiger charge is 2.18. The van der Waals surface area contributed by atoms with Crippen molar-refractivity contribution in [1.82, 2.24) is 4.90 Å². The molecule has 0 saturated heterocycles. The molecule has 0 aromatic carbocycles. The molecule has 1 heterocycles. The summed E-state index contributed by atoms with van der Waals surface area (Å²) >= 11 is 0. The van der Waals surface area contributed by atoms with Gasteiger partial charge in [0, 0.05) is 24.3 Å². The van der Waals surface area contributed by atoms with Crippen molar-refractivity contribution >= 4 is 14.0 Å². The lowest BCUT2D eigenvalue weighted by Gasteiger charge is -2.22. The fourth-order valence-corrected chi connectivity index (χ4v) is 2.52. The average molecular weight is 299 g/mol. The van der Waals surface area contributed by atoms with Crippen LogP contribution in [0, 0.1) is 11.5 Å². The van der Waals surface area contributed by atoms with Gasteiger partial charge >= 0.3 is 0 Å². The van der Waals surface area contributed by atoms with Crippen LogP contribution >= 0.6 is 0 Å². The van der Waals surface area contributed by atoms with Crippen LogP contribution < -0.4 is 0 Å². The molecule has 0 fully saturated rings. The molecule has 0 aromatic heterocycles. The van der Waals surface area contributed by atoms with Crippen molar-refractivity contribution in [2.24, 2.45) is 0 Å².